The number of pyridine rings is 1. The lowest BCUT2D eigenvalue weighted by atomic mass is 9.98. The summed E-state index contributed by atoms with van der Waals surface area (Å²) in [5.41, 5.74) is 4.83. The van der Waals surface area contributed by atoms with Crippen LogP contribution in [0.1, 0.15) is 52.0 Å². The molecule has 2 aliphatic heterocycles. The van der Waals surface area contributed by atoms with Crippen molar-refractivity contribution in [2.24, 2.45) is 0 Å². The molecule has 2 bridgehead atoms. The van der Waals surface area contributed by atoms with Gasteiger partial charge < -0.3 is 15.5 Å². The van der Waals surface area contributed by atoms with E-state index in [0.717, 1.165) is 64.0 Å². The number of nitrogens with zero attached hydrogens (tertiary/aromatic N) is 7. The van der Waals surface area contributed by atoms with Crippen molar-refractivity contribution in [2.75, 3.05) is 10.2 Å². The molecule has 6 rings (SSSR count). The third-order valence-electron chi connectivity index (χ3n) is 7.25. The van der Waals surface area contributed by atoms with Gasteiger partial charge >= 0.3 is 0 Å². The zero-order valence-corrected chi connectivity index (χ0v) is 22.4. The molecule has 11 heteroatoms. The molecule has 2 N–H and O–H groups in total. The third kappa shape index (κ3) is 4.45. The number of nitrogens with one attached hydrogen (secondary N) is 2. The van der Waals surface area contributed by atoms with Crippen molar-refractivity contribution in [1.82, 2.24) is 30.1 Å². The summed E-state index contributed by atoms with van der Waals surface area (Å²) >= 11 is 1.59. The fourth-order valence-electron chi connectivity index (χ4n) is 5.77. The number of aromatic nitrogens is 5. The van der Waals surface area contributed by atoms with Crippen molar-refractivity contribution in [1.29, 1.82) is 5.26 Å². The number of anilines is 2. The maximum absolute atomic E-state index is 11.6. The zero-order valence-electron chi connectivity index (χ0n) is 21.5. The standard InChI is InChI=1S/C27H29N9OS/c1-15(2)31-23-11-24(25-7-6-21-8-17(12-28)13-30-36(21)25)29-14-22(23)26-33-34-27(38-26)35-19-4-5-20(35)10-18(9-19)32-16(3)37/h6-8,11,13-15,18-20H,4-5,9-10H2,1-3H3,(H,29,31)(H,32,37)/t18?,19-,20+. The van der Waals surface area contributed by atoms with Crippen LogP contribution in [0.15, 0.2) is 36.7 Å². The molecule has 4 aromatic heterocycles. The van der Waals surface area contributed by atoms with Crippen LogP contribution in [0.5, 0.6) is 0 Å². The van der Waals surface area contributed by atoms with Gasteiger partial charge in [0.1, 0.15) is 6.07 Å². The van der Waals surface area contributed by atoms with E-state index in [-0.39, 0.29) is 18.0 Å². The molecule has 0 spiro atoms. The van der Waals surface area contributed by atoms with Crippen LogP contribution in [-0.2, 0) is 4.79 Å². The van der Waals surface area contributed by atoms with Gasteiger partial charge in [-0.15, -0.1) is 10.2 Å². The Bertz CT molecular complexity index is 1540. The average Bonchev–Trinajstić information content (AvgIpc) is 3.59. The van der Waals surface area contributed by atoms with E-state index in [4.69, 9.17) is 4.98 Å². The maximum Gasteiger partial charge on any atom is 0.217 e. The predicted molar refractivity (Wildman–Crippen MR) is 147 cm³/mol. The number of hydrogen-bond acceptors (Lipinski definition) is 9. The van der Waals surface area contributed by atoms with Gasteiger partial charge in [0, 0.05) is 43.0 Å². The molecular weight excluding hydrogens is 498 g/mol. The first kappa shape index (κ1) is 24.3. The summed E-state index contributed by atoms with van der Waals surface area (Å²) in [5.74, 6) is 0.0398. The molecule has 4 aromatic rings. The molecule has 2 aliphatic rings. The van der Waals surface area contributed by atoms with Crippen LogP contribution in [-0.4, -0.2) is 54.9 Å². The Balaban J connectivity index is 1.31. The van der Waals surface area contributed by atoms with Gasteiger partial charge in [-0.1, -0.05) is 11.3 Å². The SMILES string of the molecule is CC(=O)NC1C[C@H]2CC[C@@H](C1)N2c1nnc(-c2cnc(-c3ccc4cc(C#N)cnn34)cc2NC(C)C)s1. The van der Waals surface area contributed by atoms with Crippen LogP contribution >= 0.6 is 11.3 Å². The van der Waals surface area contributed by atoms with E-state index in [1.165, 1.54) is 0 Å². The number of hydrogen-bond donors (Lipinski definition) is 2. The fourth-order valence-corrected chi connectivity index (χ4v) is 6.79. The Morgan fingerprint density at radius 2 is 1.95 bits per heavy atom. The molecule has 0 radical (unpaired) electrons. The number of nitriles is 1. The smallest absolute Gasteiger partial charge is 0.217 e. The molecule has 3 atom stereocenters. The van der Waals surface area contributed by atoms with E-state index in [9.17, 15) is 10.1 Å². The Morgan fingerprint density at radius 1 is 1.16 bits per heavy atom. The van der Waals surface area contributed by atoms with Crippen molar-refractivity contribution in [3.05, 3.63) is 42.2 Å². The Morgan fingerprint density at radius 3 is 2.66 bits per heavy atom. The van der Waals surface area contributed by atoms with Crippen LogP contribution in [0, 0.1) is 11.3 Å². The lowest BCUT2D eigenvalue weighted by molar-refractivity contribution is -0.119. The highest BCUT2D eigenvalue weighted by molar-refractivity contribution is 7.18. The molecule has 0 saturated carbocycles. The highest BCUT2D eigenvalue weighted by Gasteiger charge is 2.42. The number of amides is 1. The van der Waals surface area contributed by atoms with Crippen molar-refractivity contribution in [3.63, 3.8) is 0 Å². The first-order valence-corrected chi connectivity index (χ1v) is 13.8. The van der Waals surface area contributed by atoms with Gasteiger partial charge in [-0.2, -0.15) is 10.4 Å². The summed E-state index contributed by atoms with van der Waals surface area (Å²) in [6, 6.07) is 11.1. The number of fused-ring (bicyclic) bond motifs is 3. The third-order valence-corrected chi connectivity index (χ3v) is 8.22. The summed E-state index contributed by atoms with van der Waals surface area (Å²) in [6.07, 6.45) is 7.52. The van der Waals surface area contributed by atoms with Crippen molar-refractivity contribution < 1.29 is 4.79 Å². The van der Waals surface area contributed by atoms with E-state index >= 15 is 0 Å². The minimum absolute atomic E-state index is 0.0398. The van der Waals surface area contributed by atoms with Gasteiger partial charge in [0.2, 0.25) is 11.0 Å². The summed E-state index contributed by atoms with van der Waals surface area (Å²) in [7, 11) is 0. The van der Waals surface area contributed by atoms with Crippen LogP contribution in [0.3, 0.4) is 0 Å². The molecule has 2 fully saturated rings. The van der Waals surface area contributed by atoms with Crippen LogP contribution in [0.2, 0.25) is 0 Å². The molecular formula is C27H29N9OS. The van der Waals surface area contributed by atoms with Crippen LogP contribution < -0.4 is 15.5 Å². The number of carbonyl (C=O) groups excluding carboxylic acids is 1. The number of piperidine rings is 1. The highest BCUT2D eigenvalue weighted by atomic mass is 32.1. The van der Waals surface area contributed by atoms with E-state index in [0.29, 0.717) is 17.6 Å². The van der Waals surface area contributed by atoms with Gasteiger partial charge in [0.25, 0.3) is 0 Å². The Labute approximate surface area is 224 Å². The Kier molecular flexibility index (Phi) is 6.19. The summed E-state index contributed by atoms with van der Waals surface area (Å²) in [4.78, 5) is 18.8. The molecule has 2 saturated heterocycles. The normalized spacial score (nSPS) is 20.6. The topological polar surface area (TPSA) is 124 Å². The maximum atomic E-state index is 11.6. The van der Waals surface area contributed by atoms with Gasteiger partial charge in [0.05, 0.1) is 34.2 Å². The van der Waals surface area contributed by atoms with E-state index in [1.807, 2.05) is 30.5 Å². The van der Waals surface area contributed by atoms with Crippen molar-refractivity contribution in [3.8, 4) is 28.0 Å². The minimum Gasteiger partial charge on any atom is -0.382 e. The molecule has 38 heavy (non-hydrogen) atoms. The quantitative estimate of drug-likeness (QED) is 0.382. The Hall–Kier alpha value is -4.04. The fraction of sp³-hybridized carbons (Fsp3) is 0.407. The molecule has 1 amide bonds. The van der Waals surface area contributed by atoms with Crippen LogP contribution in [0.4, 0.5) is 10.8 Å². The van der Waals surface area contributed by atoms with E-state index in [2.05, 4.69) is 50.7 Å². The molecule has 10 nitrogen and oxygen atoms in total. The predicted octanol–water partition coefficient (Wildman–Crippen LogP) is 4.24. The second kappa shape index (κ2) is 9.68. The minimum atomic E-state index is 0.0398. The molecule has 6 heterocycles. The van der Waals surface area contributed by atoms with Gasteiger partial charge in [-0.25, -0.2) is 4.52 Å². The first-order chi connectivity index (χ1) is 18.4. The summed E-state index contributed by atoms with van der Waals surface area (Å²) < 4.78 is 1.80. The zero-order chi connectivity index (χ0) is 26.4. The van der Waals surface area contributed by atoms with Crippen LogP contribution in [0.25, 0.3) is 27.5 Å². The van der Waals surface area contributed by atoms with Crippen molar-refractivity contribution in [2.45, 2.75) is 70.6 Å². The largest absolute Gasteiger partial charge is 0.382 e. The second-order valence-corrected chi connectivity index (χ2v) is 11.3. The van der Waals surface area contributed by atoms with Gasteiger partial charge in [-0.3, -0.25) is 9.78 Å². The summed E-state index contributed by atoms with van der Waals surface area (Å²) in [5, 5.41) is 31.2. The monoisotopic (exact) mass is 527 g/mol. The van der Waals surface area contributed by atoms with E-state index < -0.39 is 0 Å². The number of rotatable bonds is 6. The van der Waals surface area contributed by atoms with Crippen molar-refractivity contribution >= 4 is 33.6 Å². The number of carbonyl (C=O) groups is 1. The van der Waals surface area contributed by atoms with Gasteiger partial charge in [0.15, 0.2) is 5.01 Å². The molecule has 194 valence electrons. The first-order valence-electron chi connectivity index (χ1n) is 12.9. The second-order valence-electron chi connectivity index (χ2n) is 10.4. The average molecular weight is 528 g/mol. The lowest BCUT2D eigenvalue weighted by Crippen LogP contribution is -2.50. The van der Waals surface area contributed by atoms with Gasteiger partial charge in [-0.05, 0) is 63.8 Å². The van der Waals surface area contributed by atoms with E-state index in [1.54, 1.807) is 29.0 Å². The molecule has 0 aromatic carbocycles. The highest BCUT2D eigenvalue weighted by Crippen LogP contribution is 2.43. The lowest BCUT2D eigenvalue weighted by Gasteiger charge is -2.38. The molecule has 1 unspecified atom stereocenters. The summed E-state index contributed by atoms with van der Waals surface area (Å²) in [6.45, 7) is 5.79. The molecule has 0 aliphatic carbocycles.